The number of methoxy groups -OCH3 is 1. The summed E-state index contributed by atoms with van der Waals surface area (Å²) in [5.74, 6) is -1.18. The van der Waals surface area contributed by atoms with Crippen LogP contribution in [0.5, 0.6) is 0 Å². The normalized spacial score (nSPS) is 12.8. The molecule has 0 rings (SSSR count). The molecular formula is C16H28N2O6. The van der Waals surface area contributed by atoms with Crippen LogP contribution in [0.1, 0.15) is 34.6 Å². The van der Waals surface area contributed by atoms with Crippen LogP contribution in [0.15, 0.2) is 12.2 Å². The van der Waals surface area contributed by atoms with E-state index in [1.54, 1.807) is 34.6 Å². The molecular weight excluding hydrogens is 316 g/mol. The average molecular weight is 344 g/mol. The lowest BCUT2D eigenvalue weighted by Gasteiger charge is -2.28. The molecule has 8 nitrogen and oxygen atoms in total. The number of alkyl carbamates (subject to hydrolysis) is 1. The highest BCUT2D eigenvalue weighted by Gasteiger charge is 2.30. The van der Waals surface area contributed by atoms with Gasteiger partial charge in [0.05, 0.1) is 20.8 Å². The highest BCUT2D eigenvalue weighted by atomic mass is 16.7. The fourth-order valence-electron chi connectivity index (χ4n) is 1.67. The third-order valence-corrected chi connectivity index (χ3v) is 2.80. The maximum atomic E-state index is 12.5. The number of hydrogen-bond acceptors (Lipinski definition) is 6. The van der Waals surface area contributed by atoms with Crippen LogP contribution in [0, 0.1) is 5.92 Å². The van der Waals surface area contributed by atoms with Gasteiger partial charge in [0, 0.05) is 6.08 Å². The zero-order valence-electron chi connectivity index (χ0n) is 15.4. The second kappa shape index (κ2) is 9.92. The molecule has 0 spiro atoms. The number of hydrogen-bond donors (Lipinski definition) is 1. The van der Waals surface area contributed by atoms with Gasteiger partial charge >= 0.3 is 12.1 Å². The van der Waals surface area contributed by atoms with Gasteiger partial charge in [-0.15, -0.1) is 0 Å². The molecule has 0 heterocycles. The fraction of sp³-hybridized carbons (Fsp3) is 0.688. The van der Waals surface area contributed by atoms with Crippen LogP contribution in [0.2, 0.25) is 0 Å². The van der Waals surface area contributed by atoms with Crippen molar-refractivity contribution < 1.29 is 28.7 Å². The molecule has 0 unspecified atom stereocenters. The molecule has 0 aromatic heterocycles. The molecule has 0 saturated heterocycles. The van der Waals surface area contributed by atoms with Crippen molar-refractivity contribution in [2.24, 2.45) is 5.92 Å². The lowest BCUT2D eigenvalue weighted by molar-refractivity contribution is -0.176. The molecule has 1 atom stereocenters. The van der Waals surface area contributed by atoms with Gasteiger partial charge in [-0.3, -0.25) is 9.63 Å². The number of ether oxygens (including phenoxy) is 2. The fourth-order valence-corrected chi connectivity index (χ4v) is 1.67. The van der Waals surface area contributed by atoms with Crippen molar-refractivity contribution in [3.63, 3.8) is 0 Å². The molecule has 0 aliphatic heterocycles. The van der Waals surface area contributed by atoms with Crippen LogP contribution < -0.4 is 5.32 Å². The van der Waals surface area contributed by atoms with Crippen molar-refractivity contribution in [3.05, 3.63) is 12.2 Å². The average Bonchev–Trinajstić information content (AvgIpc) is 2.46. The van der Waals surface area contributed by atoms with E-state index < -0.39 is 29.6 Å². The zero-order valence-corrected chi connectivity index (χ0v) is 15.4. The number of hydroxylamine groups is 2. The van der Waals surface area contributed by atoms with Crippen molar-refractivity contribution in [2.45, 2.75) is 46.3 Å². The molecule has 0 bridgehead atoms. The number of amides is 2. The lowest BCUT2D eigenvalue weighted by atomic mass is 10.0. The Labute approximate surface area is 143 Å². The minimum Gasteiger partial charge on any atom is -0.466 e. The summed E-state index contributed by atoms with van der Waals surface area (Å²) in [7, 11) is 2.58. The second-order valence-electron chi connectivity index (χ2n) is 6.38. The topological polar surface area (TPSA) is 94.2 Å². The Morgan fingerprint density at radius 3 is 2.17 bits per heavy atom. The van der Waals surface area contributed by atoms with Gasteiger partial charge in [-0.1, -0.05) is 19.9 Å². The van der Waals surface area contributed by atoms with Crippen molar-refractivity contribution in [3.8, 4) is 0 Å². The maximum Gasteiger partial charge on any atom is 0.408 e. The standard InChI is InChI=1S/C16H28N2O6/c1-11(2)13(17-15(21)24-16(3,4)5)14(20)18(23-7)10-8-9-12(19)22-6/h8-9,11,13H,10H2,1-7H3,(H,17,21)/b9-8+/t13-/m0/s1. The summed E-state index contributed by atoms with van der Waals surface area (Å²) in [6.07, 6.45) is 1.93. The molecule has 2 amide bonds. The first-order chi connectivity index (χ1) is 11.0. The summed E-state index contributed by atoms with van der Waals surface area (Å²) >= 11 is 0. The van der Waals surface area contributed by atoms with Gasteiger partial charge in [-0.2, -0.15) is 0 Å². The molecule has 0 aromatic rings. The predicted molar refractivity (Wildman–Crippen MR) is 87.9 cm³/mol. The van der Waals surface area contributed by atoms with Crippen molar-refractivity contribution in [1.29, 1.82) is 0 Å². The van der Waals surface area contributed by atoms with E-state index in [0.29, 0.717) is 0 Å². The highest BCUT2D eigenvalue weighted by Crippen LogP contribution is 2.11. The van der Waals surface area contributed by atoms with E-state index in [2.05, 4.69) is 10.1 Å². The third kappa shape index (κ3) is 8.52. The molecule has 0 aliphatic carbocycles. The highest BCUT2D eigenvalue weighted by molar-refractivity contribution is 5.86. The molecule has 0 radical (unpaired) electrons. The van der Waals surface area contributed by atoms with Crippen LogP contribution in [-0.2, 0) is 23.9 Å². The second-order valence-corrected chi connectivity index (χ2v) is 6.38. The molecule has 1 N–H and O–H groups in total. The summed E-state index contributed by atoms with van der Waals surface area (Å²) in [5.41, 5.74) is -0.668. The largest absolute Gasteiger partial charge is 0.466 e. The molecule has 0 fully saturated rings. The van der Waals surface area contributed by atoms with Crippen LogP contribution in [0.25, 0.3) is 0 Å². The zero-order chi connectivity index (χ0) is 18.9. The van der Waals surface area contributed by atoms with E-state index in [1.165, 1.54) is 26.4 Å². The molecule has 0 saturated carbocycles. The summed E-state index contributed by atoms with van der Waals surface area (Å²) in [6.45, 7) is 8.81. The van der Waals surface area contributed by atoms with E-state index in [0.717, 1.165) is 5.06 Å². The van der Waals surface area contributed by atoms with Gasteiger partial charge in [0.2, 0.25) is 0 Å². The summed E-state index contributed by atoms with van der Waals surface area (Å²) in [5, 5.41) is 3.59. The van der Waals surface area contributed by atoms with E-state index in [-0.39, 0.29) is 12.5 Å². The smallest absolute Gasteiger partial charge is 0.408 e. The van der Waals surface area contributed by atoms with E-state index >= 15 is 0 Å². The van der Waals surface area contributed by atoms with E-state index in [1.807, 2.05) is 0 Å². The van der Waals surface area contributed by atoms with Gasteiger partial charge in [-0.05, 0) is 26.7 Å². The first kappa shape index (κ1) is 21.9. The van der Waals surface area contributed by atoms with Crippen molar-refractivity contribution >= 4 is 18.0 Å². The Morgan fingerprint density at radius 1 is 1.17 bits per heavy atom. The molecule has 0 aliphatic rings. The third-order valence-electron chi connectivity index (χ3n) is 2.80. The SMILES string of the molecule is COC(=O)/C=C/CN(OC)C(=O)[C@@H](NC(=O)OC(C)(C)C)C(C)C. The Kier molecular flexibility index (Phi) is 9.05. The predicted octanol–water partition coefficient (Wildman–Crippen LogP) is 1.65. The molecule has 8 heteroatoms. The van der Waals surface area contributed by atoms with Gasteiger partial charge in [0.1, 0.15) is 11.6 Å². The summed E-state index contributed by atoms with van der Waals surface area (Å²) < 4.78 is 9.64. The van der Waals surface area contributed by atoms with Crippen molar-refractivity contribution in [2.75, 3.05) is 20.8 Å². The Balaban J connectivity index is 4.95. The Hall–Kier alpha value is -2.09. The van der Waals surface area contributed by atoms with Gasteiger partial charge in [0.25, 0.3) is 5.91 Å². The number of carbonyl (C=O) groups excluding carboxylic acids is 3. The molecule has 0 aromatic carbocycles. The quantitative estimate of drug-likeness (QED) is 0.429. The number of carbonyl (C=O) groups is 3. The molecule has 138 valence electrons. The lowest BCUT2D eigenvalue weighted by Crippen LogP contribution is -2.52. The number of rotatable bonds is 7. The number of nitrogens with zero attached hydrogens (tertiary/aromatic N) is 1. The minimum absolute atomic E-state index is 0.0314. The van der Waals surface area contributed by atoms with Gasteiger partial charge in [0.15, 0.2) is 0 Å². The Bertz CT molecular complexity index is 468. The summed E-state index contributed by atoms with van der Waals surface area (Å²) in [6, 6.07) is -0.827. The minimum atomic E-state index is -0.827. The van der Waals surface area contributed by atoms with Crippen LogP contribution in [0.4, 0.5) is 4.79 Å². The van der Waals surface area contributed by atoms with Crippen LogP contribution >= 0.6 is 0 Å². The first-order valence-electron chi connectivity index (χ1n) is 7.61. The van der Waals surface area contributed by atoms with Gasteiger partial charge < -0.3 is 14.8 Å². The Morgan fingerprint density at radius 2 is 1.75 bits per heavy atom. The first-order valence-corrected chi connectivity index (χ1v) is 7.61. The molecule has 24 heavy (non-hydrogen) atoms. The van der Waals surface area contributed by atoms with Crippen LogP contribution in [-0.4, -0.2) is 55.4 Å². The van der Waals surface area contributed by atoms with Crippen molar-refractivity contribution in [1.82, 2.24) is 10.4 Å². The maximum absolute atomic E-state index is 12.5. The summed E-state index contributed by atoms with van der Waals surface area (Å²) in [4.78, 5) is 40.5. The van der Waals surface area contributed by atoms with Gasteiger partial charge in [-0.25, -0.2) is 14.7 Å². The number of esters is 1. The van der Waals surface area contributed by atoms with E-state index in [4.69, 9.17) is 9.57 Å². The van der Waals surface area contributed by atoms with E-state index in [9.17, 15) is 14.4 Å². The monoisotopic (exact) mass is 344 g/mol. The van der Waals surface area contributed by atoms with Crippen LogP contribution in [0.3, 0.4) is 0 Å². The number of nitrogens with one attached hydrogen (secondary N) is 1.